The minimum absolute atomic E-state index is 0.0616. The Kier molecular flexibility index (Phi) is 4.53. The molecular weight excluding hydrogens is 348 g/mol. The van der Waals surface area contributed by atoms with Gasteiger partial charge >= 0.3 is 12.1 Å². The van der Waals surface area contributed by atoms with E-state index in [1.807, 2.05) is 17.0 Å². The van der Waals surface area contributed by atoms with Gasteiger partial charge in [0.1, 0.15) is 5.60 Å². The maximum Gasteiger partial charge on any atom is 0.410 e. The van der Waals surface area contributed by atoms with Gasteiger partial charge in [-0.15, -0.1) is 0 Å². The van der Waals surface area contributed by atoms with Crippen molar-refractivity contribution in [2.75, 3.05) is 26.2 Å². The monoisotopic (exact) mass is 372 g/mol. The van der Waals surface area contributed by atoms with Gasteiger partial charge in [0.25, 0.3) is 0 Å². The summed E-state index contributed by atoms with van der Waals surface area (Å²) < 4.78 is 5.60. The van der Waals surface area contributed by atoms with Gasteiger partial charge in [-0.25, -0.2) is 4.79 Å². The standard InChI is InChI=1S/C20H24N2O5/c23-17(24)7-10-22-13-20(27-19(22)26)8-11-21(12-9-20)18(25)16-6-5-14-3-1-2-4-15(14)16/h1-4,16H,5-13H2,(H,23,24)/t16-/m1/s1. The van der Waals surface area contributed by atoms with Crippen LogP contribution in [0.1, 0.15) is 42.7 Å². The first-order chi connectivity index (χ1) is 13.0. The lowest BCUT2D eigenvalue weighted by Crippen LogP contribution is -2.49. The van der Waals surface area contributed by atoms with Gasteiger partial charge < -0.3 is 19.6 Å². The van der Waals surface area contributed by atoms with Gasteiger partial charge in [-0.2, -0.15) is 0 Å². The average molecular weight is 372 g/mol. The summed E-state index contributed by atoms with van der Waals surface area (Å²) in [4.78, 5) is 39.2. The summed E-state index contributed by atoms with van der Waals surface area (Å²) in [6, 6.07) is 8.15. The third-order valence-electron chi connectivity index (χ3n) is 6.05. The molecule has 1 atom stereocenters. The van der Waals surface area contributed by atoms with E-state index in [2.05, 4.69) is 12.1 Å². The van der Waals surface area contributed by atoms with Crippen molar-refractivity contribution in [2.24, 2.45) is 0 Å². The summed E-state index contributed by atoms with van der Waals surface area (Å²) >= 11 is 0. The zero-order valence-electron chi connectivity index (χ0n) is 15.2. The lowest BCUT2D eigenvalue weighted by molar-refractivity contribution is -0.138. The fraction of sp³-hybridized carbons (Fsp3) is 0.550. The van der Waals surface area contributed by atoms with Crippen molar-refractivity contribution in [1.82, 2.24) is 9.80 Å². The lowest BCUT2D eigenvalue weighted by Gasteiger charge is -2.38. The molecule has 7 heteroatoms. The summed E-state index contributed by atoms with van der Waals surface area (Å²) in [7, 11) is 0. The topological polar surface area (TPSA) is 87.2 Å². The van der Waals surface area contributed by atoms with E-state index in [0.717, 1.165) is 18.4 Å². The summed E-state index contributed by atoms with van der Waals surface area (Å²) in [5, 5.41) is 8.81. The average Bonchev–Trinajstić information content (AvgIpc) is 3.21. The first-order valence-corrected chi connectivity index (χ1v) is 9.54. The second-order valence-electron chi connectivity index (χ2n) is 7.73. The minimum Gasteiger partial charge on any atom is -0.481 e. The number of carbonyl (C=O) groups is 3. The molecule has 2 heterocycles. The second kappa shape index (κ2) is 6.87. The fourth-order valence-electron chi connectivity index (χ4n) is 4.52. The maximum absolute atomic E-state index is 13.0. The van der Waals surface area contributed by atoms with Crippen LogP contribution < -0.4 is 0 Å². The number of hydrogen-bond acceptors (Lipinski definition) is 4. The minimum atomic E-state index is -0.930. The van der Waals surface area contributed by atoms with Crippen molar-refractivity contribution in [3.05, 3.63) is 35.4 Å². The molecule has 2 aliphatic heterocycles. The summed E-state index contributed by atoms with van der Waals surface area (Å²) in [5.41, 5.74) is 1.83. The fourth-order valence-corrected chi connectivity index (χ4v) is 4.52. The summed E-state index contributed by atoms with van der Waals surface area (Å²) in [6.07, 6.45) is 2.47. The quantitative estimate of drug-likeness (QED) is 0.874. The molecule has 0 aromatic heterocycles. The van der Waals surface area contributed by atoms with Gasteiger partial charge in [-0.3, -0.25) is 9.59 Å². The van der Waals surface area contributed by atoms with E-state index in [9.17, 15) is 14.4 Å². The van der Waals surface area contributed by atoms with E-state index in [1.54, 1.807) is 0 Å². The predicted molar refractivity (Wildman–Crippen MR) is 96.4 cm³/mol. The van der Waals surface area contributed by atoms with Crippen LogP contribution in [0.4, 0.5) is 4.79 Å². The Morgan fingerprint density at radius 3 is 2.70 bits per heavy atom. The van der Waals surface area contributed by atoms with E-state index in [-0.39, 0.29) is 24.8 Å². The normalized spacial score (nSPS) is 23.4. The molecule has 1 aromatic rings. The highest BCUT2D eigenvalue weighted by molar-refractivity contribution is 5.85. The van der Waals surface area contributed by atoms with Gasteiger partial charge in [0.05, 0.1) is 18.9 Å². The molecule has 0 saturated carbocycles. The van der Waals surface area contributed by atoms with Crippen LogP contribution in [0.2, 0.25) is 0 Å². The van der Waals surface area contributed by atoms with Gasteiger partial charge in [0.15, 0.2) is 0 Å². The first-order valence-electron chi connectivity index (χ1n) is 9.54. The van der Waals surface area contributed by atoms with Crippen LogP contribution in [-0.2, 0) is 20.7 Å². The molecule has 144 valence electrons. The molecule has 4 rings (SSSR count). The number of rotatable bonds is 4. The van der Waals surface area contributed by atoms with Crippen molar-refractivity contribution < 1.29 is 24.2 Å². The molecule has 1 aliphatic carbocycles. The maximum atomic E-state index is 13.0. The Balaban J connectivity index is 1.36. The predicted octanol–water partition coefficient (Wildman–Crippen LogP) is 2.00. The van der Waals surface area contributed by atoms with Gasteiger partial charge in [-0.05, 0) is 24.0 Å². The largest absolute Gasteiger partial charge is 0.481 e. The highest BCUT2D eigenvalue weighted by Crippen LogP contribution is 2.37. The number of carboxylic acid groups (broad SMARTS) is 1. The summed E-state index contributed by atoms with van der Waals surface area (Å²) in [6.45, 7) is 1.71. The lowest BCUT2D eigenvalue weighted by atomic mass is 9.90. The van der Waals surface area contributed by atoms with Gasteiger partial charge in [0.2, 0.25) is 5.91 Å². The number of carbonyl (C=O) groups excluding carboxylic acids is 2. The van der Waals surface area contributed by atoms with Crippen LogP contribution in [0.3, 0.4) is 0 Å². The number of nitrogens with zero attached hydrogens (tertiary/aromatic N) is 2. The zero-order valence-corrected chi connectivity index (χ0v) is 15.2. The molecule has 2 amide bonds. The van der Waals surface area contributed by atoms with E-state index in [4.69, 9.17) is 9.84 Å². The van der Waals surface area contributed by atoms with Crippen molar-refractivity contribution in [1.29, 1.82) is 0 Å². The molecule has 27 heavy (non-hydrogen) atoms. The number of aliphatic carboxylic acids is 1. The Labute approximate surface area is 157 Å². The number of benzene rings is 1. The van der Waals surface area contributed by atoms with Crippen LogP contribution in [0.25, 0.3) is 0 Å². The van der Waals surface area contributed by atoms with E-state index < -0.39 is 17.7 Å². The molecule has 1 spiro atoms. The number of aryl methyl sites for hydroxylation is 1. The van der Waals surface area contributed by atoms with Crippen molar-refractivity contribution in [2.45, 2.75) is 43.6 Å². The van der Waals surface area contributed by atoms with Crippen LogP contribution >= 0.6 is 0 Å². The molecule has 0 bridgehead atoms. The van der Waals surface area contributed by atoms with Crippen LogP contribution in [0.5, 0.6) is 0 Å². The number of hydrogen-bond donors (Lipinski definition) is 1. The highest BCUT2D eigenvalue weighted by Gasteiger charge is 2.48. The SMILES string of the molecule is O=C(O)CCN1CC2(CCN(C(=O)[C@@H]3CCc4ccccc43)CC2)OC1=O. The molecule has 7 nitrogen and oxygen atoms in total. The molecule has 0 unspecified atom stereocenters. The zero-order chi connectivity index (χ0) is 19.0. The second-order valence-corrected chi connectivity index (χ2v) is 7.73. The molecule has 3 aliphatic rings. The van der Waals surface area contributed by atoms with Crippen LogP contribution in [0, 0.1) is 0 Å². The Bertz CT molecular complexity index is 769. The number of ether oxygens (including phenoxy) is 1. The van der Waals surface area contributed by atoms with Crippen LogP contribution in [-0.4, -0.2) is 64.7 Å². The van der Waals surface area contributed by atoms with Gasteiger partial charge in [0, 0.05) is 32.5 Å². The Morgan fingerprint density at radius 2 is 1.96 bits per heavy atom. The molecule has 1 N–H and O–H groups in total. The third-order valence-corrected chi connectivity index (χ3v) is 6.05. The van der Waals surface area contributed by atoms with Gasteiger partial charge in [-0.1, -0.05) is 24.3 Å². The van der Waals surface area contributed by atoms with Crippen molar-refractivity contribution in [3.8, 4) is 0 Å². The highest BCUT2D eigenvalue weighted by atomic mass is 16.6. The smallest absolute Gasteiger partial charge is 0.410 e. The molecular formula is C20H24N2O5. The number of amides is 2. The Hall–Kier alpha value is -2.57. The molecule has 2 fully saturated rings. The number of fused-ring (bicyclic) bond motifs is 1. The third kappa shape index (κ3) is 3.38. The number of carboxylic acids is 1. The van der Waals surface area contributed by atoms with E-state index in [1.165, 1.54) is 10.5 Å². The van der Waals surface area contributed by atoms with Crippen LogP contribution in [0.15, 0.2) is 24.3 Å². The van der Waals surface area contributed by atoms with E-state index >= 15 is 0 Å². The van der Waals surface area contributed by atoms with E-state index in [0.29, 0.717) is 32.5 Å². The molecule has 1 aromatic carbocycles. The first kappa shape index (κ1) is 17.8. The van der Waals surface area contributed by atoms with Crippen molar-refractivity contribution >= 4 is 18.0 Å². The Morgan fingerprint density at radius 1 is 1.22 bits per heavy atom. The molecule has 2 saturated heterocycles. The molecule has 0 radical (unpaired) electrons. The number of piperidine rings is 1. The van der Waals surface area contributed by atoms with Crippen molar-refractivity contribution in [3.63, 3.8) is 0 Å². The number of likely N-dealkylation sites (tertiary alicyclic amines) is 1. The summed E-state index contributed by atoms with van der Waals surface area (Å²) in [5.74, 6) is -0.823.